The average Bonchev–Trinajstić information content (AvgIpc) is 2.55. The second kappa shape index (κ2) is 12.2. The number of ether oxygens (including phenoxy) is 2. The van der Waals surface area contributed by atoms with Crippen LogP contribution in [0.15, 0.2) is 0 Å². The van der Waals surface area contributed by atoms with E-state index in [1.165, 1.54) is 6.42 Å². The summed E-state index contributed by atoms with van der Waals surface area (Å²) in [5.74, 6) is 0.297. The molecule has 0 aliphatic heterocycles. The number of carbonyl (C=O) groups excluding carboxylic acids is 1. The van der Waals surface area contributed by atoms with E-state index in [0.717, 1.165) is 58.3 Å². The van der Waals surface area contributed by atoms with Gasteiger partial charge in [-0.25, -0.2) is 0 Å². The maximum absolute atomic E-state index is 12.7. The van der Waals surface area contributed by atoms with Gasteiger partial charge in [-0.2, -0.15) is 0 Å². The number of rotatable bonds is 14. The van der Waals surface area contributed by atoms with Crippen molar-refractivity contribution in [2.75, 3.05) is 19.8 Å². The van der Waals surface area contributed by atoms with E-state index in [2.05, 4.69) is 79.9 Å². The van der Waals surface area contributed by atoms with Crippen molar-refractivity contribution in [3.8, 4) is 0 Å². The van der Waals surface area contributed by atoms with Crippen molar-refractivity contribution < 1.29 is 14.3 Å². The summed E-state index contributed by atoms with van der Waals surface area (Å²) >= 11 is 0. The quantitative estimate of drug-likeness (QED) is 0.323. The Kier molecular flexibility index (Phi) is 11.2. The summed E-state index contributed by atoms with van der Waals surface area (Å²) in [6.07, 6.45) is 7.20. The molecule has 0 unspecified atom stereocenters. The first-order valence-electron chi connectivity index (χ1n) is 12.8. The second-order valence-corrected chi connectivity index (χ2v) is 13.3. The maximum Gasteiger partial charge on any atom is 0.223 e. The normalized spacial score (nSPS) is 20.2. The first-order chi connectivity index (χ1) is 14.5. The maximum atomic E-state index is 12.7. The highest BCUT2D eigenvalue weighted by Gasteiger charge is 2.37. The average molecular weight is 455 g/mol. The van der Waals surface area contributed by atoms with Crippen LogP contribution in [0, 0.1) is 11.3 Å². The fraction of sp³-hybridized carbons (Fsp3) is 0.963. The lowest BCUT2D eigenvalue weighted by atomic mass is 9.80. The molecule has 32 heavy (non-hydrogen) atoms. The zero-order chi connectivity index (χ0) is 24.6. The molecule has 1 fully saturated rings. The molecule has 5 heteroatoms. The fourth-order valence-electron chi connectivity index (χ4n) is 3.86. The molecule has 0 spiro atoms. The van der Waals surface area contributed by atoms with E-state index in [1.807, 2.05) is 0 Å². The van der Waals surface area contributed by atoms with Crippen LogP contribution < -0.4 is 10.6 Å². The predicted octanol–water partition coefficient (Wildman–Crippen LogP) is 5.86. The minimum absolute atomic E-state index is 0.0339. The van der Waals surface area contributed by atoms with Crippen molar-refractivity contribution in [2.45, 2.75) is 137 Å². The predicted molar refractivity (Wildman–Crippen MR) is 135 cm³/mol. The molecule has 1 amide bonds. The minimum Gasteiger partial charge on any atom is -0.378 e. The summed E-state index contributed by atoms with van der Waals surface area (Å²) in [6, 6.07) is 0. The Bertz CT molecular complexity index is 552. The van der Waals surface area contributed by atoms with E-state index < -0.39 is 0 Å². The standard InChI is InChI=1S/C27H54N2O3/c1-24(2,3)13-11-17-31-22-19-21(20-22)23(30)29-27(9,10)15-14-26(7,8)28-16-12-18-32-25(4,5)6/h21-22,28H,11-20H2,1-10H3,(H,29,30). The van der Waals surface area contributed by atoms with E-state index in [9.17, 15) is 4.79 Å². The van der Waals surface area contributed by atoms with Crippen LogP contribution in [0.4, 0.5) is 0 Å². The van der Waals surface area contributed by atoms with Crippen molar-refractivity contribution in [1.29, 1.82) is 0 Å². The van der Waals surface area contributed by atoms with Crippen molar-refractivity contribution >= 4 is 5.91 Å². The molecule has 0 aromatic rings. The van der Waals surface area contributed by atoms with Crippen molar-refractivity contribution in [2.24, 2.45) is 11.3 Å². The van der Waals surface area contributed by atoms with Crippen LogP contribution in [0.1, 0.15) is 114 Å². The van der Waals surface area contributed by atoms with E-state index in [0.29, 0.717) is 5.41 Å². The zero-order valence-electron chi connectivity index (χ0n) is 23.0. The topological polar surface area (TPSA) is 59.6 Å². The first kappa shape index (κ1) is 29.4. The van der Waals surface area contributed by atoms with Gasteiger partial charge >= 0.3 is 0 Å². The lowest BCUT2D eigenvalue weighted by molar-refractivity contribution is -0.135. The largest absolute Gasteiger partial charge is 0.378 e. The number of hydrogen-bond acceptors (Lipinski definition) is 4. The van der Waals surface area contributed by atoms with Gasteiger partial charge in [0.2, 0.25) is 5.91 Å². The Balaban J connectivity index is 2.22. The van der Waals surface area contributed by atoms with Gasteiger partial charge < -0.3 is 20.1 Å². The van der Waals surface area contributed by atoms with Crippen LogP contribution in [-0.2, 0) is 14.3 Å². The Morgan fingerprint density at radius 2 is 1.41 bits per heavy atom. The molecule has 1 aliphatic carbocycles. The van der Waals surface area contributed by atoms with Gasteiger partial charge in [-0.05, 0) is 105 Å². The Morgan fingerprint density at radius 1 is 0.812 bits per heavy atom. The molecule has 0 heterocycles. The van der Waals surface area contributed by atoms with E-state index in [4.69, 9.17) is 9.47 Å². The van der Waals surface area contributed by atoms with Crippen molar-refractivity contribution in [1.82, 2.24) is 10.6 Å². The van der Waals surface area contributed by atoms with Crippen molar-refractivity contribution in [3.05, 3.63) is 0 Å². The summed E-state index contributed by atoms with van der Waals surface area (Å²) in [4.78, 5) is 12.7. The number of amides is 1. The highest BCUT2D eigenvalue weighted by Crippen LogP contribution is 2.32. The van der Waals surface area contributed by atoms with Gasteiger partial charge in [0.05, 0.1) is 11.7 Å². The summed E-state index contributed by atoms with van der Waals surface area (Å²) in [5.41, 5.74) is 0.120. The molecule has 0 atom stereocenters. The molecule has 5 nitrogen and oxygen atoms in total. The Morgan fingerprint density at radius 3 is 1.97 bits per heavy atom. The molecule has 0 radical (unpaired) electrons. The van der Waals surface area contributed by atoms with Gasteiger partial charge in [-0.15, -0.1) is 0 Å². The van der Waals surface area contributed by atoms with Gasteiger partial charge in [-0.3, -0.25) is 4.79 Å². The highest BCUT2D eigenvalue weighted by atomic mass is 16.5. The molecule has 1 saturated carbocycles. The van der Waals surface area contributed by atoms with Crippen LogP contribution in [0.25, 0.3) is 0 Å². The zero-order valence-corrected chi connectivity index (χ0v) is 23.0. The van der Waals surface area contributed by atoms with Gasteiger partial charge in [0.1, 0.15) is 0 Å². The van der Waals surface area contributed by atoms with Crippen molar-refractivity contribution in [3.63, 3.8) is 0 Å². The van der Waals surface area contributed by atoms with Crippen LogP contribution in [0.5, 0.6) is 0 Å². The monoisotopic (exact) mass is 454 g/mol. The fourth-order valence-corrected chi connectivity index (χ4v) is 3.86. The number of nitrogens with one attached hydrogen (secondary N) is 2. The summed E-state index contributed by atoms with van der Waals surface area (Å²) in [6.45, 7) is 24.3. The Hall–Kier alpha value is -0.650. The number of carbonyl (C=O) groups is 1. The van der Waals surface area contributed by atoms with Crippen LogP contribution in [-0.4, -0.2) is 48.4 Å². The molecule has 1 rings (SSSR count). The third-order valence-electron chi connectivity index (χ3n) is 6.19. The smallest absolute Gasteiger partial charge is 0.223 e. The molecule has 1 aliphatic rings. The van der Waals surface area contributed by atoms with E-state index in [-0.39, 0.29) is 34.6 Å². The summed E-state index contributed by atoms with van der Waals surface area (Å²) in [5, 5.41) is 6.94. The molecule has 0 saturated heterocycles. The van der Waals surface area contributed by atoms with Gasteiger partial charge in [-0.1, -0.05) is 20.8 Å². The van der Waals surface area contributed by atoms with E-state index in [1.54, 1.807) is 0 Å². The van der Waals surface area contributed by atoms with Crippen LogP contribution in [0.3, 0.4) is 0 Å². The molecule has 0 aromatic carbocycles. The number of hydrogen-bond donors (Lipinski definition) is 2. The van der Waals surface area contributed by atoms with E-state index >= 15 is 0 Å². The SMILES string of the molecule is CC(C)(C)CCCOC1CC(C(=O)NC(C)(C)CCC(C)(C)NCCCOC(C)(C)C)C1. The molecule has 190 valence electrons. The molecule has 0 bridgehead atoms. The Labute approximate surface area is 199 Å². The highest BCUT2D eigenvalue weighted by molar-refractivity contribution is 5.80. The summed E-state index contributed by atoms with van der Waals surface area (Å²) < 4.78 is 11.7. The second-order valence-electron chi connectivity index (χ2n) is 13.3. The van der Waals surface area contributed by atoms with Crippen LogP contribution in [0.2, 0.25) is 0 Å². The van der Waals surface area contributed by atoms with Crippen LogP contribution >= 0.6 is 0 Å². The third-order valence-corrected chi connectivity index (χ3v) is 6.19. The minimum atomic E-state index is -0.204. The molecule has 0 aromatic heterocycles. The van der Waals surface area contributed by atoms with Gasteiger partial charge in [0.25, 0.3) is 0 Å². The molecular formula is C27H54N2O3. The lowest BCUT2D eigenvalue weighted by Gasteiger charge is -2.38. The van der Waals surface area contributed by atoms with Gasteiger partial charge in [0.15, 0.2) is 0 Å². The van der Waals surface area contributed by atoms with Gasteiger partial charge in [0, 0.05) is 30.2 Å². The lowest BCUT2D eigenvalue weighted by Crippen LogP contribution is -2.51. The third kappa shape index (κ3) is 13.8. The summed E-state index contributed by atoms with van der Waals surface area (Å²) in [7, 11) is 0. The molecule has 2 N–H and O–H groups in total. The molecular weight excluding hydrogens is 400 g/mol. The first-order valence-corrected chi connectivity index (χ1v) is 12.8.